The minimum atomic E-state index is -0.984. The van der Waals surface area contributed by atoms with E-state index in [1.54, 1.807) is 10.9 Å². The molecule has 24 heavy (non-hydrogen) atoms. The molecule has 6 nitrogen and oxygen atoms in total. The summed E-state index contributed by atoms with van der Waals surface area (Å²) < 4.78 is 7.04. The van der Waals surface area contributed by atoms with Crippen LogP contribution in [0.2, 0.25) is 0 Å². The molecule has 1 aromatic carbocycles. The van der Waals surface area contributed by atoms with Gasteiger partial charge in [-0.1, -0.05) is 18.2 Å². The highest BCUT2D eigenvalue weighted by Gasteiger charge is 2.41. The maximum absolute atomic E-state index is 12.6. The molecular weight excluding hydrogens is 304 g/mol. The number of para-hydroxylation sites is 1. The van der Waals surface area contributed by atoms with Crippen molar-refractivity contribution in [2.45, 2.75) is 25.8 Å². The third-order valence-corrected chi connectivity index (χ3v) is 4.47. The van der Waals surface area contributed by atoms with Crippen LogP contribution in [0, 0.1) is 16.7 Å². The molecule has 1 fully saturated rings. The highest BCUT2D eigenvalue weighted by molar-refractivity contribution is 5.85. The second-order valence-electron chi connectivity index (χ2n) is 6.06. The lowest BCUT2D eigenvalue weighted by Gasteiger charge is -2.30. The number of benzene rings is 1. The van der Waals surface area contributed by atoms with E-state index in [-0.39, 0.29) is 11.9 Å². The molecule has 0 radical (unpaired) electrons. The summed E-state index contributed by atoms with van der Waals surface area (Å²) in [7, 11) is 0. The Hall–Kier alpha value is -2.65. The van der Waals surface area contributed by atoms with Crippen LogP contribution in [0.5, 0.6) is 0 Å². The van der Waals surface area contributed by atoms with Crippen molar-refractivity contribution in [1.29, 1.82) is 5.26 Å². The molecule has 0 saturated carbocycles. The summed E-state index contributed by atoms with van der Waals surface area (Å²) in [6.07, 6.45) is 4.50. The van der Waals surface area contributed by atoms with Crippen molar-refractivity contribution in [3.8, 4) is 11.8 Å². The fourth-order valence-electron chi connectivity index (χ4n) is 2.81. The van der Waals surface area contributed by atoms with Crippen LogP contribution in [0.3, 0.4) is 0 Å². The van der Waals surface area contributed by atoms with Crippen molar-refractivity contribution in [3.05, 3.63) is 48.3 Å². The summed E-state index contributed by atoms with van der Waals surface area (Å²) in [6, 6.07) is 11.7. The molecule has 2 heterocycles. The normalized spacial score (nSPS) is 17.7. The Labute approximate surface area is 141 Å². The molecule has 1 saturated heterocycles. The largest absolute Gasteiger partial charge is 0.381 e. The van der Waals surface area contributed by atoms with Gasteiger partial charge in [0.1, 0.15) is 5.41 Å². The molecule has 0 aliphatic carbocycles. The van der Waals surface area contributed by atoms with Crippen molar-refractivity contribution < 1.29 is 9.53 Å². The SMILES string of the molecule is CC(NC(=O)C1(C#N)CCOCC1)c1cnn(-c2ccccc2)c1. The summed E-state index contributed by atoms with van der Waals surface area (Å²) in [5.41, 5.74) is 0.870. The van der Waals surface area contributed by atoms with Gasteiger partial charge in [-0.25, -0.2) is 4.68 Å². The molecule has 1 aliphatic rings. The van der Waals surface area contributed by atoms with Gasteiger partial charge in [0.25, 0.3) is 0 Å². The second-order valence-corrected chi connectivity index (χ2v) is 6.06. The van der Waals surface area contributed by atoms with Crippen LogP contribution in [0.4, 0.5) is 0 Å². The van der Waals surface area contributed by atoms with Crippen molar-refractivity contribution in [1.82, 2.24) is 15.1 Å². The summed E-state index contributed by atoms with van der Waals surface area (Å²) in [6.45, 7) is 2.79. The first-order chi connectivity index (χ1) is 11.6. The number of aromatic nitrogens is 2. The Kier molecular flexibility index (Phi) is 4.63. The topological polar surface area (TPSA) is 79.9 Å². The standard InChI is InChI=1S/C18H20N4O2/c1-14(21-17(23)18(13-19)7-9-24-10-8-18)15-11-20-22(12-15)16-5-3-2-4-6-16/h2-6,11-12,14H,7-10H2,1H3,(H,21,23). The van der Waals surface area contributed by atoms with Crippen LogP contribution >= 0.6 is 0 Å². The van der Waals surface area contributed by atoms with Gasteiger partial charge in [0.05, 0.1) is 24.0 Å². The molecule has 3 rings (SSSR count). The number of nitrogens with one attached hydrogen (secondary N) is 1. The van der Waals surface area contributed by atoms with Crippen LogP contribution in [0.15, 0.2) is 42.7 Å². The highest BCUT2D eigenvalue weighted by Crippen LogP contribution is 2.30. The Morgan fingerprint density at radius 3 is 2.75 bits per heavy atom. The number of hydrogen-bond acceptors (Lipinski definition) is 4. The van der Waals surface area contributed by atoms with Crippen molar-refractivity contribution in [3.63, 3.8) is 0 Å². The highest BCUT2D eigenvalue weighted by atomic mass is 16.5. The fourth-order valence-corrected chi connectivity index (χ4v) is 2.81. The lowest BCUT2D eigenvalue weighted by molar-refractivity contribution is -0.133. The van der Waals surface area contributed by atoms with E-state index in [1.807, 2.05) is 43.5 Å². The van der Waals surface area contributed by atoms with E-state index in [9.17, 15) is 10.1 Å². The predicted molar refractivity (Wildman–Crippen MR) is 88.2 cm³/mol. The first kappa shape index (κ1) is 16.2. The van der Waals surface area contributed by atoms with Crippen LogP contribution in [-0.2, 0) is 9.53 Å². The van der Waals surface area contributed by atoms with E-state index < -0.39 is 5.41 Å². The first-order valence-electron chi connectivity index (χ1n) is 8.04. The maximum atomic E-state index is 12.6. The minimum Gasteiger partial charge on any atom is -0.381 e. The monoisotopic (exact) mass is 324 g/mol. The number of carbonyl (C=O) groups is 1. The Morgan fingerprint density at radius 2 is 2.08 bits per heavy atom. The Bertz CT molecular complexity index is 742. The Balaban J connectivity index is 1.71. The molecule has 1 N–H and O–H groups in total. The Morgan fingerprint density at radius 1 is 1.38 bits per heavy atom. The second kappa shape index (κ2) is 6.85. The maximum Gasteiger partial charge on any atom is 0.241 e. The number of amides is 1. The summed E-state index contributed by atoms with van der Waals surface area (Å²) in [4.78, 5) is 12.6. The average Bonchev–Trinajstić information content (AvgIpc) is 3.13. The third-order valence-electron chi connectivity index (χ3n) is 4.47. The number of rotatable bonds is 4. The number of carbonyl (C=O) groups excluding carboxylic acids is 1. The third kappa shape index (κ3) is 3.17. The zero-order valence-corrected chi connectivity index (χ0v) is 13.6. The molecular formula is C18H20N4O2. The van der Waals surface area contributed by atoms with Crippen LogP contribution in [0.1, 0.15) is 31.4 Å². The van der Waals surface area contributed by atoms with E-state index in [4.69, 9.17) is 4.74 Å². The van der Waals surface area contributed by atoms with Crippen LogP contribution < -0.4 is 5.32 Å². The van der Waals surface area contributed by atoms with E-state index in [0.717, 1.165) is 11.3 Å². The molecule has 1 aliphatic heterocycles. The summed E-state index contributed by atoms with van der Waals surface area (Å²) in [5.74, 6) is -0.228. The van der Waals surface area contributed by atoms with Gasteiger partial charge in [-0.3, -0.25) is 4.79 Å². The van der Waals surface area contributed by atoms with E-state index in [2.05, 4.69) is 16.5 Å². The molecule has 0 spiro atoms. The van der Waals surface area contributed by atoms with Gasteiger partial charge in [0, 0.05) is 25.0 Å². The summed E-state index contributed by atoms with van der Waals surface area (Å²) >= 11 is 0. The minimum absolute atomic E-state index is 0.219. The molecule has 6 heteroatoms. The molecule has 124 valence electrons. The molecule has 2 aromatic rings. The van der Waals surface area contributed by atoms with Gasteiger partial charge >= 0.3 is 0 Å². The van der Waals surface area contributed by atoms with Gasteiger partial charge in [0.2, 0.25) is 5.91 Å². The molecule has 1 unspecified atom stereocenters. The van der Waals surface area contributed by atoms with E-state index >= 15 is 0 Å². The smallest absolute Gasteiger partial charge is 0.241 e. The van der Waals surface area contributed by atoms with Crippen LogP contribution in [0.25, 0.3) is 5.69 Å². The number of ether oxygens (including phenoxy) is 1. The molecule has 1 amide bonds. The average molecular weight is 324 g/mol. The number of hydrogen-bond donors (Lipinski definition) is 1. The zero-order chi connectivity index (χ0) is 17.0. The van der Waals surface area contributed by atoms with E-state index in [1.165, 1.54) is 0 Å². The molecule has 1 atom stereocenters. The van der Waals surface area contributed by atoms with Crippen molar-refractivity contribution in [2.75, 3.05) is 13.2 Å². The van der Waals surface area contributed by atoms with Crippen molar-refractivity contribution in [2.24, 2.45) is 5.41 Å². The molecule has 0 bridgehead atoms. The van der Waals surface area contributed by atoms with Gasteiger partial charge < -0.3 is 10.1 Å². The zero-order valence-electron chi connectivity index (χ0n) is 13.6. The van der Waals surface area contributed by atoms with Crippen LogP contribution in [-0.4, -0.2) is 28.9 Å². The quantitative estimate of drug-likeness (QED) is 0.936. The summed E-state index contributed by atoms with van der Waals surface area (Å²) in [5, 5.41) is 16.8. The van der Waals surface area contributed by atoms with Crippen molar-refractivity contribution >= 4 is 5.91 Å². The van der Waals surface area contributed by atoms with Gasteiger partial charge in [-0.2, -0.15) is 10.4 Å². The van der Waals surface area contributed by atoms with E-state index in [0.29, 0.717) is 26.1 Å². The number of nitriles is 1. The van der Waals surface area contributed by atoms with Gasteiger partial charge in [-0.15, -0.1) is 0 Å². The van der Waals surface area contributed by atoms with Gasteiger partial charge in [0.15, 0.2) is 0 Å². The lowest BCUT2D eigenvalue weighted by atomic mass is 9.80. The molecule has 1 aromatic heterocycles. The fraction of sp³-hybridized carbons (Fsp3) is 0.389. The van der Waals surface area contributed by atoms with Gasteiger partial charge in [-0.05, 0) is 31.9 Å². The first-order valence-corrected chi connectivity index (χ1v) is 8.04. The number of nitrogens with zero attached hydrogens (tertiary/aromatic N) is 3. The predicted octanol–water partition coefficient (Wildman–Crippen LogP) is 2.37. The lowest BCUT2D eigenvalue weighted by Crippen LogP contribution is -2.44.